The average Bonchev–Trinajstić information content (AvgIpc) is 2.32. The number of nitrogens with one attached hydrogen (secondary N) is 1. The SMILES string of the molecule is CCOC(=O)CCC(=O)N[C@@H](C(=O)O)[C@H](C)CC. The van der Waals surface area contributed by atoms with Crippen LogP contribution in [0, 0.1) is 5.92 Å². The molecule has 0 aromatic rings. The summed E-state index contributed by atoms with van der Waals surface area (Å²) in [5, 5.41) is 11.4. The van der Waals surface area contributed by atoms with E-state index in [0.717, 1.165) is 0 Å². The number of carboxylic acids is 1. The fourth-order valence-corrected chi connectivity index (χ4v) is 1.38. The molecule has 18 heavy (non-hydrogen) atoms. The lowest BCUT2D eigenvalue weighted by molar-refractivity contribution is -0.145. The first-order chi connectivity index (χ1) is 8.42. The van der Waals surface area contributed by atoms with Gasteiger partial charge in [-0.15, -0.1) is 0 Å². The first-order valence-electron chi connectivity index (χ1n) is 6.10. The first-order valence-corrected chi connectivity index (χ1v) is 6.10. The smallest absolute Gasteiger partial charge is 0.326 e. The Hall–Kier alpha value is -1.59. The molecule has 0 aromatic carbocycles. The summed E-state index contributed by atoms with van der Waals surface area (Å²) >= 11 is 0. The predicted molar refractivity (Wildman–Crippen MR) is 64.9 cm³/mol. The molecule has 6 nitrogen and oxygen atoms in total. The predicted octanol–water partition coefficient (Wildman–Crippen LogP) is 0.945. The Morgan fingerprint density at radius 3 is 2.28 bits per heavy atom. The molecule has 0 radical (unpaired) electrons. The molecule has 0 unspecified atom stereocenters. The Balaban J connectivity index is 4.19. The Kier molecular flexibility index (Phi) is 7.74. The fraction of sp³-hybridized carbons (Fsp3) is 0.750. The highest BCUT2D eigenvalue weighted by Gasteiger charge is 2.25. The third-order valence-electron chi connectivity index (χ3n) is 2.66. The Bertz CT molecular complexity index is 303. The van der Waals surface area contributed by atoms with Crippen molar-refractivity contribution in [2.45, 2.75) is 46.1 Å². The van der Waals surface area contributed by atoms with E-state index in [1.165, 1.54) is 0 Å². The van der Waals surface area contributed by atoms with Crippen LogP contribution in [0.15, 0.2) is 0 Å². The lowest BCUT2D eigenvalue weighted by Crippen LogP contribution is -2.45. The molecule has 0 bridgehead atoms. The van der Waals surface area contributed by atoms with Crippen molar-refractivity contribution in [3.05, 3.63) is 0 Å². The second-order valence-electron chi connectivity index (χ2n) is 4.07. The molecule has 0 rings (SSSR count). The third kappa shape index (κ3) is 6.22. The van der Waals surface area contributed by atoms with Crippen molar-refractivity contribution in [1.29, 1.82) is 0 Å². The highest BCUT2D eigenvalue weighted by atomic mass is 16.5. The van der Waals surface area contributed by atoms with Gasteiger partial charge in [0.1, 0.15) is 6.04 Å². The van der Waals surface area contributed by atoms with E-state index in [9.17, 15) is 14.4 Å². The van der Waals surface area contributed by atoms with E-state index in [4.69, 9.17) is 5.11 Å². The van der Waals surface area contributed by atoms with Gasteiger partial charge in [0.15, 0.2) is 0 Å². The van der Waals surface area contributed by atoms with Crippen LogP contribution in [0.2, 0.25) is 0 Å². The summed E-state index contributed by atoms with van der Waals surface area (Å²) in [6.45, 7) is 5.56. The van der Waals surface area contributed by atoms with Gasteiger partial charge in [-0.05, 0) is 12.8 Å². The number of aliphatic carboxylic acids is 1. The first kappa shape index (κ1) is 16.4. The van der Waals surface area contributed by atoms with Gasteiger partial charge < -0.3 is 15.2 Å². The van der Waals surface area contributed by atoms with Crippen molar-refractivity contribution >= 4 is 17.8 Å². The van der Waals surface area contributed by atoms with Gasteiger partial charge in [0.05, 0.1) is 13.0 Å². The number of carboxylic acid groups (broad SMARTS) is 1. The molecular formula is C12H21NO5. The molecule has 2 N–H and O–H groups in total. The van der Waals surface area contributed by atoms with Crippen molar-refractivity contribution in [3.8, 4) is 0 Å². The molecule has 0 aliphatic heterocycles. The summed E-state index contributed by atoms with van der Waals surface area (Å²) in [5.74, 6) is -2.12. The molecular weight excluding hydrogens is 238 g/mol. The molecule has 0 aliphatic rings. The van der Waals surface area contributed by atoms with Gasteiger partial charge in [0, 0.05) is 6.42 Å². The van der Waals surface area contributed by atoms with E-state index >= 15 is 0 Å². The lowest BCUT2D eigenvalue weighted by Gasteiger charge is -2.19. The number of ether oxygens (including phenoxy) is 1. The Morgan fingerprint density at radius 2 is 1.83 bits per heavy atom. The zero-order valence-electron chi connectivity index (χ0n) is 11.1. The van der Waals surface area contributed by atoms with Crippen LogP contribution >= 0.6 is 0 Å². The van der Waals surface area contributed by atoms with Crippen molar-refractivity contribution < 1.29 is 24.2 Å². The number of rotatable bonds is 8. The van der Waals surface area contributed by atoms with Crippen LogP contribution in [0.3, 0.4) is 0 Å². The number of hydrogen-bond donors (Lipinski definition) is 2. The van der Waals surface area contributed by atoms with Gasteiger partial charge in [0.25, 0.3) is 0 Å². The van der Waals surface area contributed by atoms with Gasteiger partial charge in [-0.1, -0.05) is 20.3 Å². The lowest BCUT2D eigenvalue weighted by atomic mass is 9.99. The van der Waals surface area contributed by atoms with Crippen molar-refractivity contribution in [2.75, 3.05) is 6.61 Å². The monoisotopic (exact) mass is 259 g/mol. The minimum absolute atomic E-state index is 0.0352. The normalized spacial score (nSPS) is 13.5. The van der Waals surface area contributed by atoms with E-state index in [1.54, 1.807) is 13.8 Å². The quantitative estimate of drug-likeness (QED) is 0.633. The Labute approximate surface area is 107 Å². The fourth-order valence-electron chi connectivity index (χ4n) is 1.38. The summed E-state index contributed by atoms with van der Waals surface area (Å²) in [6, 6.07) is -0.912. The van der Waals surface area contributed by atoms with Crippen LogP contribution in [0.5, 0.6) is 0 Å². The van der Waals surface area contributed by atoms with Crippen molar-refractivity contribution in [2.24, 2.45) is 5.92 Å². The highest BCUT2D eigenvalue weighted by molar-refractivity contribution is 5.85. The molecule has 0 fully saturated rings. The molecule has 0 saturated carbocycles. The second kappa shape index (κ2) is 8.49. The van der Waals surface area contributed by atoms with Gasteiger partial charge in [-0.2, -0.15) is 0 Å². The summed E-state index contributed by atoms with van der Waals surface area (Å²) in [4.78, 5) is 33.5. The van der Waals surface area contributed by atoms with Crippen molar-refractivity contribution in [3.63, 3.8) is 0 Å². The van der Waals surface area contributed by atoms with Gasteiger partial charge in [0.2, 0.25) is 5.91 Å². The number of amides is 1. The maximum atomic E-state index is 11.5. The average molecular weight is 259 g/mol. The van der Waals surface area contributed by atoms with Crippen LogP contribution < -0.4 is 5.32 Å². The van der Waals surface area contributed by atoms with E-state index in [0.29, 0.717) is 6.42 Å². The number of esters is 1. The minimum atomic E-state index is -1.06. The topological polar surface area (TPSA) is 92.7 Å². The summed E-state index contributed by atoms with van der Waals surface area (Å²) in [5.41, 5.74) is 0. The molecule has 0 heterocycles. The summed E-state index contributed by atoms with van der Waals surface area (Å²) in [6.07, 6.45) is 0.556. The van der Waals surface area contributed by atoms with Gasteiger partial charge in [-0.25, -0.2) is 4.79 Å². The van der Waals surface area contributed by atoms with Crippen LogP contribution in [0.4, 0.5) is 0 Å². The van der Waals surface area contributed by atoms with E-state index in [2.05, 4.69) is 10.1 Å². The van der Waals surface area contributed by atoms with Crippen LogP contribution in [0.1, 0.15) is 40.0 Å². The number of hydrogen-bond acceptors (Lipinski definition) is 4. The van der Waals surface area contributed by atoms with Crippen LogP contribution in [-0.2, 0) is 19.1 Å². The molecule has 104 valence electrons. The number of carbonyl (C=O) groups excluding carboxylic acids is 2. The molecule has 6 heteroatoms. The minimum Gasteiger partial charge on any atom is -0.480 e. The number of carbonyl (C=O) groups is 3. The highest BCUT2D eigenvalue weighted by Crippen LogP contribution is 2.08. The van der Waals surface area contributed by atoms with Gasteiger partial charge in [-0.3, -0.25) is 9.59 Å². The maximum Gasteiger partial charge on any atom is 0.326 e. The molecule has 2 atom stereocenters. The molecule has 0 spiro atoms. The van der Waals surface area contributed by atoms with Crippen molar-refractivity contribution in [1.82, 2.24) is 5.32 Å². The van der Waals surface area contributed by atoms with Gasteiger partial charge >= 0.3 is 11.9 Å². The van der Waals surface area contributed by atoms with Crippen LogP contribution in [0.25, 0.3) is 0 Å². The second-order valence-corrected chi connectivity index (χ2v) is 4.07. The van der Waals surface area contributed by atoms with E-state index < -0.39 is 23.9 Å². The zero-order chi connectivity index (χ0) is 14.1. The molecule has 1 amide bonds. The molecule has 0 aliphatic carbocycles. The Morgan fingerprint density at radius 1 is 1.22 bits per heavy atom. The summed E-state index contributed by atoms with van der Waals surface area (Å²) in [7, 11) is 0. The molecule has 0 saturated heterocycles. The van der Waals surface area contributed by atoms with Crippen LogP contribution in [-0.4, -0.2) is 35.6 Å². The largest absolute Gasteiger partial charge is 0.480 e. The zero-order valence-corrected chi connectivity index (χ0v) is 11.1. The third-order valence-corrected chi connectivity index (χ3v) is 2.66. The standard InChI is InChI=1S/C12H21NO5/c1-4-8(3)11(12(16)17)13-9(14)6-7-10(15)18-5-2/h8,11H,4-7H2,1-3H3,(H,13,14)(H,16,17)/t8-,11-/m1/s1. The van der Waals surface area contributed by atoms with E-state index in [1.807, 2.05) is 6.92 Å². The summed E-state index contributed by atoms with van der Waals surface area (Å²) < 4.78 is 4.68. The molecule has 0 aromatic heterocycles. The maximum absolute atomic E-state index is 11.5. The van der Waals surface area contributed by atoms with E-state index in [-0.39, 0.29) is 25.4 Å².